The molecule has 2 aliphatic heterocycles. The molecule has 0 saturated carbocycles. The summed E-state index contributed by atoms with van der Waals surface area (Å²) >= 11 is 0. The third-order valence-electron chi connectivity index (χ3n) is 4.49. The van der Waals surface area contributed by atoms with Gasteiger partial charge in [0.25, 0.3) is 0 Å². The number of ether oxygens (including phenoxy) is 1. The monoisotopic (exact) mass is 283 g/mol. The maximum absolute atomic E-state index is 11.6. The lowest BCUT2D eigenvalue weighted by Gasteiger charge is -2.33. The first-order valence-electron chi connectivity index (χ1n) is 8.10. The molecule has 0 aromatic carbocycles. The van der Waals surface area contributed by atoms with Crippen LogP contribution in [0.2, 0.25) is 0 Å². The molecule has 1 amide bonds. The zero-order valence-electron chi connectivity index (χ0n) is 12.9. The zero-order valence-corrected chi connectivity index (χ0v) is 12.9. The molecule has 2 rings (SSSR count). The molecule has 1 atom stereocenters. The molecule has 2 fully saturated rings. The van der Waals surface area contributed by atoms with Gasteiger partial charge < -0.3 is 15.0 Å². The van der Waals surface area contributed by atoms with Gasteiger partial charge in [-0.25, -0.2) is 4.79 Å². The average molecular weight is 283 g/mol. The van der Waals surface area contributed by atoms with E-state index in [2.05, 4.69) is 17.1 Å². The summed E-state index contributed by atoms with van der Waals surface area (Å²) in [6.07, 6.45) is 4.61. The number of hydrogen-bond acceptors (Lipinski definition) is 4. The Morgan fingerprint density at radius 2 is 1.90 bits per heavy atom. The molecule has 0 aromatic heterocycles. The second kappa shape index (κ2) is 7.84. The van der Waals surface area contributed by atoms with Crippen LogP contribution in [0.15, 0.2) is 0 Å². The minimum absolute atomic E-state index is 0.156. The van der Waals surface area contributed by atoms with Gasteiger partial charge in [-0.1, -0.05) is 0 Å². The van der Waals surface area contributed by atoms with Crippen molar-refractivity contribution in [2.75, 3.05) is 39.3 Å². The van der Waals surface area contributed by atoms with Crippen molar-refractivity contribution in [3.63, 3.8) is 0 Å². The topological polar surface area (TPSA) is 44.8 Å². The molecule has 2 aliphatic rings. The standard InChI is InChI=1S/C15H29N3O2/c1-3-20-15(19)18-10-6-14(7-11-18)16-12-13(2)17-8-4-5-9-17/h13-14,16H,3-12H2,1-2H3. The molecule has 5 nitrogen and oxygen atoms in total. The van der Waals surface area contributed by atoms with E-state index < -0.39 is 0 Å². The molecular formula is C15H29N3O2. The fraction of sp³-hybridized carbons (Fsp3) is 0.933. The Balaban J connectivity index is 1.63. The van der Waals surface area contributed by atoms with Gasteiger partial charge >= 0.3 is 6.09 Å². The van der Waals surface area contributed by atoms with Crippen LogP contribution in [-0.2, 0) is 4.74 Å². The molecule has 0 spiro atoms. The molecule has 0 bridgehead atoms. The summed E-state index contributed by atoms with van der Waals surface area (Å²) in [5.41, 5.74) is 0. The summed E-state index contributed by atoms with van der Waals surface area (Å²) in [5.74, 6) is 0. The van der Waals surface area contributed by atoms with Crippen molar-refractivity contribution in [1.29, 1.82) is 0 Å². The van der Waals surface area contributed by atoms with Gasteiger partial charge in [0.15, 0.2) is 0 Å². The fourth-order valence-corrected chi connectivity index (χ4v) is 3.13. The molecule has 1 N–H and O–H groups in total. The van der Waals surface area contributed by atoms with Crippen LogP contribution in [0.25, 0.3) is 0 Å². The Bertz CT molecular complexity index is 297. The van der Waals surface area contributed by atoms with Crippen LogP contribution in [0.3, 0.4) is 0 Å². The van der Waals surface area contributed by atoms with E-state index >= 15 is 0 Å². The van der Waals surface area contributed by atoms with Crippen LogP contribution in [0.5, 0.6) is 0 Å². The Kier molecular flexibility index (Phi) is 6.10. The highest BCUT2D eigenvalue weighted by Gasteiger charge is 2.24. The highest BCUT2D eigenvalue weighted by Crippen LogP contribution is 2.14. The van der Waals surface area contributed by atoms with E-state index in [1.54, 1.807) is 0 Å². The largest absolute Gasteiger partial charge is 0.450 e. The number of nitrogens with zero attached hydrogens (tertiary/aromatic N) is 2. The Labute approximate surface area is 122 Å². The molecule has 2 heterocycles. The molecule has 5 heteroatoms. The summed E-state index contributed by atoms with van der Waals surface area (Å²) in [7, 11) is 0. The van der Waals surface area contributed by atoms with Crippen molar-refractivity contribution in [2.24, 2.45) is 0 Å². The van der Waals surface area contributed by atoms with Gasteiger partial charge in [0.2, 0.25) is 0 Å². The third kappa shape index (κ3) is 4.35. The molecule has 20 heavy (non-hydrogen) atoms. The first-order chi connectivity index (χ1) is 9.70. The molecule has 2 saturated heterocycles. The van der Waals surface area contributed by atoms with Crippen molar-refractivity contribution in [3.05, 3.63) is 0 Å². The van der Waals surface area contributed by atoms with Crippen LogP contribution >= 0.6 is 0 Å². The number of carbonyl (C=O) groups is 1. The predicted octanol–water partition coefficient (Wildman–Crippen LogP) is 1.68. The Morgan fingerprint density at radius 1 is 1.25 bits per heavy atom. The van der Waals surface area contributed by atoms with E-state index in [9.17, 15) is 4.79 Å². The summed E-state index contributed by atoms with van der Waals surface area (Å²) in [5, 5.41) is 3.67. The minimum Gasteiger partial charge on any atom is -0.450 e. The molecule has 0 radical (unpaired) electrons. The summed E-state index contributed by atoms with van der Waals surface area (Å²) in [4.78, 5) is 16.0. The van der Waals surface area contributed by atoms with Gasteiger partial charge in [-0.2, -0.15) is 0 Å². The highest BCUT2D eigenvalue weighted by atomic mass is 16.6. The Hall–Kier alpha value is -0.810. The van der Waals surface area contributed by atoms with Gasteiger partial charge in [-0.3, -0.25) is 4.90 Å². The number of nitrogens with one attached hydrogen (secondary N) is 1. The van der Waals surface area contributed by atoms with Gasteiger partial charge in [-0.05, 0) is 52.6 Å². The van der Waals surface area contributed by atoms with Crippen LogP contribution < -0.4 is 5.32 Å². The van der Waals surface area contributed by atoms with E-state index in [4.69, 9.17) is 4.74 Å². The normalized spacial score (nSPS) is 23.0. The van der Waals surface area contributed by atoms with Crippen molar-refractivity contribution in [3.8, 4) is 0 Å². The highest BCUT2D eigenvalue weighted by molar-refractivity contribution is 5.67. The van der Waals surface area contributed by atoms with Crippen LogP contribution in [-0.4, -0.2) is 67.3 Å². The van der Waals surface area contributed by atoms with Crippen molar-refractivity contribution >= 4 is 6.09 Å². The second-order valence-corrected chi connectivity index (χ2v) is 5.96. The number of amides is 1. The summed E-state index contributed by atoms with van der Waals surface area (Å²) in [6, 6.07) is 1.17. The lowest BCUT2D eigenvalue weighted by atomic mass is 10.1. The Morgan fingerprint density at radius 3 is 2.50 bits per heavy atom. The lowest BCUT2D eigenvalue weighted by molar-refractivity contribution is 0.0944. The van der Waals surface area contributed by atoms with E-state index in [0.29, 0.717) is 18.7 Å². The van der Waals surface area contributed by atoms with Crippen molar-refractivity contribution in [2.45, 2.75) is 51.6 Å². The van der Waals surface area contributed by atoms with Crippen LogP contribution in [0, 0.1) is 0 Å². The quantitative estimate of drug-likeness (QED) is 0.834. The number of hydrogen-bond donors (Lipinski definition) is 1. The van der Waals surface area contributed by atoms with Crippen LogP contribution in [0.4, 0.5) is 4.79 Å². The van der Waals surface area contributed by atoms with Gasteiger partial charge in [0, 0.05) is 31.7 Å². The number of likely N-dealkylation sites (tertiary alicyclic amines) is 2. The van der Waals surface area contributed by atoms with Gasteiger partial charge in [0.05, 0.1) is 6.61 Å². The number of rotatable bonds is 5. The van der Waals surface area contributed by atoms with Crippen molar-refractivity contribution in [1.82, 2.24) is 15.1 Å². The first kappa shape index (κ1) is 15.6. The third-order valence-corrected chi connectivity index (χ3v) is 4.49. The SMILES string of the molecule is CCOC(=O)N1CCC(NCC(C)N2CCCC2)CC1. The maximum Gasteiger partial charge on any atom is 0.409 e. The summed E-state index contributed by atoms with van der Waals surface area (Å²) in [6.45, 7) is 9.82. The predicted molar refractivity (Wildman–Crippen MR) is 79.9 cm³/mol. The number of piperidine rings is 1. The van der Waals surface area contributed by atoms with E-state index in [-0.39, 0.29) is 6.09 Å². The van der Waals surface area contributed by atoms with E-state index in [0.717, 1.165) is 32.5 Å². The minimum atomic E-state index is -0.156. The molecular weight excluding hydrogens is 254 g/mol. The fourth-order valence-electron chi connectivity index (χ4n) is 3.13. The second-order valence-electron chi connectivity index (χ2n) is 5.96. The van der Waals surface area contributed by atoms with E-state index in [1.807, 2.05) is 11.8 Å². The molecule has 0 aromatic rings. The van der Waals surface area contributed by atoms with Gasteiger partial charge in [-0.15, -0.1) is 0 Å². The molecule has 0 aliphatic carbocycles. The maximum atomic E-state index is 11.6. The average Bonchev–Trinajstić information content (AvgIpc) is 3.00. The molecule has 1 unspecified atom stereocenters. The zero-order chi connectivity index (χ0) is 14.4. The number of carbonyl (C=O) groups excluding carboxylic acids is 1. The molecule has 116 valence electrons. The first-order valence-corrected chi connectivity index (χ1v) is 8.10. The van der Waals surface area contributed by atoms with Crippen molar-refractivity contribution < 1.29 is 9.53 Å². The van der Waals surface area contributed by atoms with Crippen LogP contribution in [0.1, 0.15) is 39.5 Å². The van der Waals surface area contributed by atoms with E-state index in [1.165, 1.54) is 25.9 Å². The summed E-state index contributed by atoms with van der Waals surface area (Å²) < 4.78 is 5.04. The lowest BCUT2D eigenvalue weighted by Crippen LogP contribution is -2.48. The van der Waals surface area contributed by atoms with Gasteiger partial charge in [0.1, 0.15) is 0 Å². The smallest absolute Gasteiger partial charge is 0.409 e.